The molecule has 3 amide bonds. The van der Waals surface area contributed by atoms with Crippen LogP contribution < -0.4 is 30.8 Å². The Morgan fingerprint density at radius 1 is 0.977 bits per heavy atom. The van der Waals surface area contributed by atoms with E-state index in [1.807, 2.05) is 9.80 Å². The van der Waals surface area contributed by atoms with Crippen LogP contribution in [0.5, 0.6) is 0 Å². The lowest BCUT2D eigenvalue weighted by Gasteiger charge is -2.37. The van der Waals surface area contributed by atoms with Crippen LogP contribution >= 0.6 is 0 Å². The number of carboxylic acids is 1. The molecule has 2 aromatic carbocycles. The highest BCUT2D eigenvalue weighted by molar-refractivity contribution is 5.94. The van der Waals surface area contributed by atoms with Crippen LogP contribution in [0.2, 0.25) is 0 Å². The van der Waals surface area contributed by atoms with Crippen molar-refractivity contribution in [2.75, 3.05) is 60.5 Å². The molecule has 3 heterocycles. The van der Waals surface area contributed by atoms with Gasteiger partial charge in [0.15, 0.2) is 0 Å². The molecule has 1 atom stereocenters. The van der Waals surface area contributed by atoms with E-state index in [1.165, 1.54) is 17.2 Å². The van der Waals surface area contributed by atoms with Crippen molar-refractivity contribution in [1.82, 2.24) is 15.2 Å². The van der Waals surface area contributed by atoms with Crippen LogP contribution in [0.25, 0.3) is 10.9 Å². The number of nitrogens with one attached hydrogen (secondary N) is 2. The summed E-state index contributed by atoms with van der Waals surface area (Å²) in [5.74, 6) is -2.49. The van der Waals surface area contributed by atoms with Crippen molar-refractivity contribution in [1.29, 1.82) is 0 Å². The van der Waals surface area contributed by atoms with Crippen LogP contribution in [0.3, 0.4) is 0 Å². The number of anilines is 3. The molecule has 6 rings (SSSR count). The fraction of sp³-hybridized carbons (Fsp3) is 0.400. The Hall–Kier alpha value is -4.88. The van der Waals surface area contributed by atoms with E-state index < -0.39 is 35.2 Å². The minimum absolute atomic E-state index is 0.0327. The Morgan fingerprint density at radius 3 is 2.30 bits per heavy atom. The van der Waals surface area contributed by atoms with Gasteiger partial charge >= 0.3 is 18.1 Å². The molecule has 0 unspecified atom stereocenters. The average Bonchev–Trinajstić information content (AvgIpc) is 3.77. The number of aromatic nitrogens is 1. The van der Waals surface area contributed by atoms with Crippen molar-refractivity contribution in [3.63, 3.8) is 0 Å². The van der Waals surface area contributed by atoms with E-state index >= 15 is 8.78 Å². The van der Waals surface area contributed by atoms with E-state index in [2.05, 4.69) is 10.6 Å². The number of carboxylic acid groups (broad SMARTS) is 1. The summed E-state index contributed by atoms with van der Waals surface area (Å²) in [7, 11) is 0. The van der Waals surface area contributed by atoms with Crippen LogP contribution in [0.15, 0.2) is 41.3 Å². The summed E-state index contributed by atoms with van der Waals surface area (Å²) in [6.07, 6.45) is 1.84. The number of fused-ring (bicyclic) bond motifs is 1. The number of carbonyl (C=O) groups excluding carboxylic acids is 2. The van der Waals surface area contributed by atoms with Gasteiger partial charge in [0.25, 0.3) is 0 Å². The number of carbonyl (C=O) groups is 3. The van der Waals surface area contributed by atoms with Gasteiger partial charge in [0.2, 0.25) is 5.43 Å². The monoisotopic (exact) mass is 610 g/mol. The lowest BCUT2D eigenvalue weighted by molar-refractivity contribution is 0.0694. The second kappa shape index (κ2) is 11.7. The zero-order chi connectivity index (χ0) is 31.1. The van der Waals surface area contributed by atoms with Gasteiger partial charge in [-0.15, -0.1) is 0 Å². The normalized spacial score (nSPS) is 18.5. The Balaban J connectivity index is 1.14. The Bertz CT molecular complexity index is 1700. The number of hydrogen-bond acceptors (Lipinski definition) is 7. The van der Waals surface area contributed by atoms with E-state index in [1.54, 1.807) is 29.7 Å². The number of hydrogen-bond donors (Lipinski definition) is 3. The minimum atomic E-state index is -1.35. The molecule has 3 N–H and O–H groups in total. The van der Waals surface area contributed by atoms with Gasteiger partial charge in [0.1, 0.15) is 23.3 Å². The molecule has 44 heavy (non-hydrogen) atoms. The third kappa shape index (κ3) is 5.58. The number of amides is 3. The molecule has 0 spiro atoms. The highest BCUT2D eigenvalue weighted by Gasteiger charge is 2.33. The summed E-state index contributed by atoms with van der Waals surface area (Å²) >= 11 is 0. The maximum Gasteiger partial charge on any atom is 0.414 e. The third-order valence-electron chi connectivity index (χ3n) is 8.18. The number of halogens is 2. The standard InChI is InChI=1S/C30H32F2N6O6/c1-2-33-29(42)34-14-19-15-38(30(43)44-19)18-5-6-24(22(31)11-18)35-7-9-36(10-8-35)26-13-25-20(12-23(26)32)27(39)21(28(40)41)16-37(25)17-3-4-17/h5-6,11-13,16-17,19H,2-4,7-10,14-15H2,1H3,(H,40,41)(H2,33,34,42)/t19-/m0/s1. The molecule has 14 heteroatoms. The summed E-state index contributed by atoms with van der Waals surface area (Å²) in [5, 5.41) is 14.7. The van der Waals surface area contributed by atoms with Gasteiger partial charge in [0.05, 0.1) is 35.7 Å². The van der Waals surface area contributed by atoms with Gasteiger partial charge < -0.3 is 34.8 Å². The molecule has 3 aromatic rings. The van der Waals surface area contributed by atoms with Crippen molar-refractivity contribution in [2.45, 2.75) is 31.9 Å². The highest BCUT2D eigenvalue weighted by Crippen LogP contribution is 2.38. The topological polar surface area (TPSA) is 136 Å². The number of cyclic esters (lactones) is 1. The Morgan fingerprint density at radius 2 is 1.66 bits per heavy atom. The predicted octanol–water partition coefficient (Wildman–Crippen LogP) is 3.28. The van der Waals surface area contributed by atoms with Crippen LogP contribution in [-0.4, -0.2) is 79.7 Å². The molecular weight excluding hydrogens is 578 g/mol. The van der Waals surface area contributed by atoms with Crippen molar-refractivity contribution < 1.29 is 33.0 Å². The molecule has 12 nitrogen and oxygen atoms in total. The number of urea groups is 1. The molecule has 2 saturated heterocycles. The summed E-state index contributed by atoms with van der Waals surface area (Å²) in [6.45, 7) is 4.07. The fourth-order valence-electron chi connectivity index (χ4n) is 5.78. The summed E-state index contributed by atoms with van der Waals surface area (Å²) in [5.41, 5.74) is 0.374. The lowest BCUT2D eigenvalue weighted by Crippen LogP contribution is -2.47. The highest BCUT2D eigenvalue weighted by atomic mass is 19.1. The van der Waals surface area contributed by atoms with E-state index in [-0.39, 0.29) is 36.1 Å². The molecule has 3 aliphatic rings. The molecule has 1 aliphatic carbocycles. The van der Waals surface area contributed by atoms with Crippen molar-refractivity contribution >= 4 is 46.1 Å². The number of benzene rings is 2. The summed E-state index contributed by atoms with van der Waals surface area (Å²) < 4.78 is 37.7. The van der Waals surface area contributed by atoms with E-state index in [4.69, 9.17) is 4.74 Å². The molecule has 0 radical (unpaired) electrons. The second-order valence-corrected chi connectivity index (χ2v) is 11.1. The smallest absolute Gasteiger partial charge is 0.414 e. The first-order valence-electron chi connectivity index (χ1n) is 14.6. The van der Waals surface area contributed by atoms with Crippen LogP contribution in [0, 0.1) is 11.6 Å². The zero-order valence-corrected chi connectivity index (χ0v) is 24.0. The number of pyridine rings is 1. The Labute approximate surface area is 250 Å². The number of nitrogens with zero attached hydrogens (tertiary/aromatic N) is 4. The fourth-order valence-corrected chi connectivity index (χ4v) is 5.78. The minimum Gasteiger partial charge on any atom is -0.477 e. The number of rotatable bonds is 8. The lowest BCUT2D eigenvalue weighted by atomic mass is 10.1. The quantitative estimate of drug-likeness (QED) is 0.354. The molecule has 3 fully saturated rings. The number of aromatic carboxylic acids is 1. The Kier molecular flexibility index (Phi) is 7.74. The van der Waals surface area contributed by atoms with Crippen molar-refractivity contribution in [3.8, 4) is 0 Å². The van der Waals surface area contributed by atoms with E-state index in [0.29, 0.717) is 55.3 Å². The van der Waals surface area contributed by atoms with Gasteiger partial charge in [-0.3, -0.25) is 9.69 Å². The second-order valence-electron chi connectivity index (χ2n) is 11.1. The van der Waals surface area contributed by atoms with E-state index in [0.717, 1.165) is 18.9 Å². The maximum atomic E-state index is 15.3. The molecule has 1 saturated carbocycles. The number of ether oxygens (including phenoxy) is 1. The van der Waals surface area contributed by atoms with Crippen LogP contribution in [-0.2, 0) is 4.74 Å². The van der Waals surface area contributed by atoms with Gasteiger partial charge in [-0.25, -0.2) is 23.2 Å². The number of piperazine rings is 1. The first kappa shape index (κ1) is 29.2. The SMILES string of the molecule is CCNC(=O)NC[C@H]1CN(c2ccc(N3CCN(c4cc5c(cc4F)c(=O)c(C(=O)O)cn5C4CC4)CC3)c(F)c2)C(=O)O1. The summed E-state index contributed by atoms with van der Waals surface area (Å²) in [6, 6.07) is 6.93. The zero-order valence-electron chi connectivity index (χ0n) is 24.0. The molecule has 0 bridgehead atoms. The first-order chi connectivity index (χ1) is 21.1. The third-order valence-corrected chi connectivity index (χ3v) is 8.18. The summed E-state index contributed by atoms with van der Waals surface area (Å²) in [4.78, 5) is 53.5. The van der Waals surface area contributed by atoms with Gasteiger partial charge in [-0.2, -0.15) is 0 Å². The predicted molar refractivity (Wildman–Crippen MR) is 159 cm³/mol. The molecule has 232 valence electrons. The van der Waals surface area contributed by atoms with Crippen LogP contribution in [0.4, 0.5) is 35.4 Å². The largest absolute Gasteiger partial charge is 0.477 e. The first-order valence-corrected chi connectivity index (χ1v) is 14.6. The van der Waals surface area contributed by atoms with Crippen molar-refractivity contribution in [3.05, 3.63) is 63.9 Å². The van der Waals surface area contributed by atoms with Crippen LogP contribution in [0.1, 0.15) is 36.2 Å². The van der Waals surface area contributed by atoms with E-state index in [9.17, 15) is 24.3 Å². The molecule has 1 aromatic heterocycles. The van der Waals surface area contributed by atoms with Gasteiger partial charge in [-0.1, -0.05) is 0 Å². The average molecular weight is 611 g/mol. The molecular formula is C30H32F2N6O6. The molecule has 2 aliphatic heterocycles. The van der Waals surface area contributed by atoms with Crippen molar-refractivity contribution in [2.24, 2.45) is 0 Å². The van der Waals surface area contributed by atoms with Gasteiger partial charge in [0, 0.05) is 50.3 Å². The maximum absolute atomic E-state index is 15.3. The van der Waals surface area contributed by atoms with Gasteiger partial charge in [-0.05, 0) is 50.1 Å².